The maximum absolute atomic E-state index is 6.52. The second kappa shape index (κ2) is 7.05. The lowest BCUT2D eigenvalue weighted by Gasteiger charge is -2.29. The molecule has 0 atom stereocenters. The number of halogens is 4. The van der Waals surface area contributed by atoms with Crippen LogP contribution in [-0.4, -0.2) is 20.1 Å². The summed E-state index contributed by atoms with van der Waals surface area (Å²) in [5, 5.41) is 8.66. The molecule has 24 heavy (non-hydrogen) atoms. The molecule has 0 radical (unpaired) electrons. The largest absolute Gasteiger partial charge is 0.162 e. The SMILES string of the molecule is ClC1(Cl)CCC(Cl)(Cl)/C(c2ccccc2)=N\N=C/1c1ccccc1. The number of benzene rings is 2. The fourth-order valence-electron chi connectivity index (χ4n) is 2.53. The van der Waals surface area contributed by atoms with Crippen LogP contribution in [0.2, 0.25) is 0 Å². The Morgan fingerprint density at radius 1 is 0.583 bits per heavy atom. The van der Waals surface area contributed by atoms with Gasteiger partial charge < -0.3 is 0 Å². The molecule has 0 aliphatic carbocycles. The van der Waals surface area contributed by atoms with Crippen molar-refractivity contribution in [3.8, 4) is 0 Å². The van der Waals surface area contributed by atoms with E-state index in [1.807, 2.05) is 60.7 Å². The van der Waals surface area contributed by atoms with Gasteiger partial charge in [-0.15, -0.1) is 0 Å². The molecule has 1 aliphatic rings. The molecular formula is C18H14Cl4N2. The van der Waals surface area contributed by atoms with Crippen LogP contribution in [0, 0.1) is 0 Å². The average Bonchev–Trinajstić information content (AvgIpc) is 2.57. The summed E-state index contributed by atoms with van der Waals surface area (Å²) >= 11 is 26.1. The second-order valence-electron chi connectivity index (χ2n) is 5.54. The molecule has 124 valence electrons. The standard InChI is InChI=1S/C18H14Cl4N2/c19-17(20)11-12-18(21,22)16(14-9-5-2-6-10-14)24-23-15(17)13-7-3-1-4-8-13/h1-10H,11-12H2/b23-15-,24-16-. The maximum Gasteiger partial charge on any atom is 0.162 e. The minimum Gasteiger partial charge on any atom is -0.151 e. The Kier molecular flexibility index (Phi) is 5.22. The fourth-order valence-corrected chi connectivity index (χ4v) is 3.49. The summed E-state index contributed by atoms with van der Waals surface area (Å²) in [7, 11) is 0. The van der Waals surface area contributed by atoms with E-state index in [-0.39, 0.29) is 0 Å². The molecule has 0 unspecified atom stereocenters. The zero-order valence-corrected chi connectivity index (χ0v) is 15.6. The van der Waals surface area contributed by atoms with Crippen molar-refractivity contribution in [3.63, 3.8) is 0 Å². The minimum atomic E-state index is -1.22. The minimum absolute atomic E-state index is 0.350. The van der Waals surface area contributed by atoms with E-state index in [9.17, 15) is 0 Å². The van der Waals surface area contributed by atoms with Crippen LogP contribution in [-0.2, 0) is 0 Å². The van der Waals surface area contributed by atoms with Gasteiger partial charge in [0.25, 0.3) is 0 Å². The van der Waals surface area contributed by atoms with Crippen LogP contribution < -0.4 is 0 Å². The predicted octanol–water partition coefficient (Wildman–Crippen LogP) is 6.02. The number of rotatable bonds is 2. The van der Waals surface area contributed by atoms with Crippen molar-refractivity contribution in [2.75, 3.05) is 0 Å². The van der Waals surface area contributed by atoms with Crippen molar-refractivity contribution in [3.05, 3.63) is 71.8 Å². The summed E-state index contributed by atoms with van der Waals surface area (Å²) < 4.78 is -2.44. The van der Waals surface area contributed by atoms with Crippen LogP contribution in [0.25, 0.3) is 0 Å². The zero-order chi connectivity index (χ0) is 17.2. The summed E-state index contributed by atoms with van der Waals surface area (Å²) in [6.45, 7) is 0. The lowest BCUT2D eigenvalue weighted by Crippen LogP contribution is -2.35. The second-order valence-corrected chi connectivity index (χ2v) is 8.51. The zero-order valence-electron chi connectivity index (χ0n) is 12.6. The lowest BCUT2D eigenvalue weighted by atomic mass is 9.98. The van der Waals surface area contributed by atoms with E-state index in [1.54, 1.807) is 0 Å². The molecule has 0 spiro atoms. The van der Waals surface area contributed by atoms with Gasteiger partial charge in [-0.1, -0.05) is 107 Å². The maximum atomic E-state index is 6.52. The molecular weight excluding hydrogens is 386 g/mol. The van der Waals surface area contributed by atoms with Crippen molar-refractivity contribution in [2.24, 2.45) is 10.2 Å². The highest BCUT2D eigenvalue weighted by atomic mass is 35.5. The highest BCUT2D eigenvalue weighted by Crippen LogP contribution is 2.41. The molecule has 6 heteroatoms. The highest BCUT2D eigenvalue weighted by Gasteiger charge is 2.41. The molecule has 0 fully saturated rings. The van der Waals surface area contributed by atoms with Gasteiger partial charge in [-0.2, -0.15) is 10.2 Å². The van der Waals surface area contributed by atoms with E-state index >= 15 is 0 Å². The molecule has 0 saturated heterocycles. The van der Waals surface area contributed by atoms with E-state index in [0.29, 0.717) is 24.3 Å². The van der Waals surface area contributed by atoms with Crippen LogP contribution in [0.4, 0.5) is 0 Å². The molecule has 0 aromatic heterocycles. The Morgan fingerprint density at radius 2 is 0.917 bits per heavy atom. The van der Waals surface area contributed by atoms with Crippen molar-refractivity contribution in [1.29, 1.82) is 0 Å². The van der Waals surface area contributed by atoms with Crippen molar-refractivity contribution >= 4 is 57.8 Å². The fraction of sp³-hybridized carbons (Fsp3) is 0.222. The van der Waals surface area contributed by atoms with Gasteiger partial charge in [0.2, 0.25) is 0 Å². The molecule has 1 heterocycles. The van der Waals surface area contributed by atoms with Crippen molar-refractivity contribution < 1.29 is 0 Å². The molecule has 2 nitrogen and oxygen atoms in total. The average molecular weight is 400 g/mol. The first-order chi connectivity index (χ1) is 11.4. The number of alkyl halides is 4. The van der Waals surface area contributed by atoms with Gasteiger partial charge in [0.1, 0.15) is 11.4 Å². The van der Waals surface area contributed by atoms with Gasteiger partial charge >= 0.3 is 0 Å². The van der Waals surface area contributed by atoms with Gasteiger partial charge in [0.15, 0.2) is 8.67 Å². The molecule has 0 bridgehead atoms. The summed E-state index contributed by atoms with van der Waals surface area (Å²) in [6, 6.07) is 19.0. The molecule has 0 N–H and O–H groups in total. The normalized spacial score (nSPS) is 24.0. The van der Waals surface area contributed by atoms with Gasteiger partial charge in [0, 0.05) is 11.1 Å². The number of hydrogen-bond donors (Lipinski definition) is 0. The van der Waals surface area contributed by atoms with E-state index < -0.39 is 8.67 Å². The topological polar surface area (TPSA) is 24.7 Å². The van der Waals surface area contributed by atoms with Gasteiger partial charge in [-0.25, -0.2) is 0 Å². The third kappa shape index (κ3) is 3.78. The Hall–Kier alpha value is -1.06. The van der Waals surface area contributed by atoms with Crippen LogP contribution >= 0.6 is 46.4 Å². The third-order valence-corrected chi connectivity index (χ3v) is 5.26. The first kappa shape index (κ1) is 17.8. The van der Waals surface area contributed by atoms with E-state index in [1.165, 1.54) is 0 Å². The molecule has 2 aromatic rings. The predicted molar refractivity (Wildman–Crippen MR) is 104 cm³/mol. The van der Waals surface area contributed by atoms with Crippen LogP contribution in [0.3, 0.4) is 0 Å². The van der Waals surface area contributed by atoms with Crippen LogP contribution in [0.5, 0.6) is 0 Å². The molecule has 3 rings (SSSR count). The quantitative estimate of drug-likeness (QED) is 0.551. The Balaban J connectivity index is 2.15. The molecule has 0 saturated carbocycles. The summed E-state index contributed by atoms with van der Waals surface area (Å²) in [5.41, 5.74) is 2.61. The third-order valence-electron chi connectivity index (χ3n) is 3.79. The van der Waals surface area contributed by atoms with Crippen molar-refractivity contribution in [2.45, 2.75) is 21.5 Å². The molecule has 0 amide bonds. The number of nitrogens with zero attached hydrogens (tertiary/aromatic N) is 2. The van der Waals surface area contributed by atoms with Gasteiger partial charge in [-0.05, 0) is 12.8 Å². The Bertz CT molecular complexity index is 701. The first-order valence-electron chi connectivity index (χ1n) is 7.43. The Labute approximate surface area is 161 Å². The van der Waals surface area contributed by atoms with Crippen molar-refractivity contribution in [1.82, 2.24) is 0 Å². The smallest absolute Gasteiger partial charge is 0.151 e. The van der Waals surface area contributed by atoms with E-state index in [4.69, 9.17) is 46.4 Å². The lowest BCUT2D eigenvalue weighted by molar-refractivity contribution is 0.729. The Morgan fingerprint density at radius 3 is 1.25 bits per heavy atom. The number of hydrogen-bond acceptors (Lipinski definition) is 2. The first-order valence-corrected chi connectivity index (χ1v) is 8.94. The van der Waals surface area contributed by atoms with Crippen LogP contribution in [0.1, 0.15) is 24.0 Å². The van der Waals surface area contributed by atoms with Gasteiger partial charge in [0.05, 0.1) is 0 Å². The molecule has 2 aromatic carbocycles. The summed E-state index contributed by atoms with van der Waals surface area (Å²) in [5.74, 6) is 0. The monoisotopic (exact) mass is 398 g/mol. The van der Waals surface area contributed by atoms with E-state index in [0.717, 1.165) is 11.1 Å². The summed E-state index contributed by atoms with van der Waals surface area (Å²) in [6.07, 6.45) is 0.700. The van der Waals surface area contributed by atoms with Gasteiger partial charge in [-0.3, -0.25) is 0 Å². The molecule has 1 aliphatic heterocycles. The van der Waals surface area contributed by atoms with E-state index in [2.05, 4.69) is 10.2 Å². The summed E-state index contributed by atoms with van der Waals surface area (Å²) in [4.78, 5) is 0. The highest BCUT2D eigenvalue weighted by molar-refractivity contribution is 6.62. The van der Waals surface area contributed by atoms with Crippen LogP contribution in [0.15, 0.2) is 70.9 Å².